The van der Waals surface area contributed by atoms with Gasteiger partial charge in [0.15, 0.2) is 0 Å². The molecular formula is C17H14Cl2N6O4S. The number of hydrogen-bond acceptors (Lipinski definition) is 8. The molecule has 0 fully saturated rings. The van der Waals surface area contributed by atoms with Crippen molar-refractivity contribution in [2.24, 2.45) is 0 Å². The molecule has 1 heterocycles. The largest absolute Gasteiger partial charge is 0.354 e. The molecule has 10 nitrogen and oxygen atoms in total. The zero-order valence-corrected chi connectivity index (χ0v) is 17.6. The van der Waals surface area contributed by atoms with Crippen molar-refractivity contribution in [1.82, 2.24) is 14.8 Å². The minimum absolute atomic E-state index is 0.0265. The summed E-state index contributed by atoms with van der Waals surface area (Å²) in [4.78, 5) is 20.5. The van der Waals surface area contributed by atoms with Gasteiger partial charge in [0.1, 0.15) is 6.33 Å². The lowest BCUT2D eigenvalue weighted by atomic mass is 10.2. The highest BCUT2D eigenvalue weighted by molar-refractivity contribution is 7.89. The van der Waals surface area contributed by atoms with E-state index in [9.17, 15) is 18.5 Å². The lowest BCUT2D eigenvalue weighted by molar-refractivity contribution is -0.383. The Bertz CT molecular complexity index is 1210. The fraction of sp³-hybridized carbons (Fsp3) is 0.0588. The van der Waals surface area contributed by atoms with Gasteiger partial charge in [-0.05, 0) is 31.2 Å². The monoisotopic (exact) mass is 468 g/mol. The lowest BCUT2D eigenvalue weighted by Gasteiger charge is -2.12. The van der Waals surface area contributed by atoms with Crippen molar-refractivity contribution in [3.8, 4) is 0 Å². The topological polar surface area (TPSA) is 139 Å². The van der Waals surface area contributed by atoms with E-state index in [1.165, 1.54) is 12.1 Å². The van der Waals surface area contributed by atoms with Crippen LogP contribution in [-0.2, 0) is 10.0 Å². The van der Waals surface area contributed by atoms with Crippen molar-refractivity contribution < 1.29 is 13.3 Å². The molecule has 0 atom stereocenters. The van der Waals surface area contributed by atoms with Gasteiger partial charge in [0.05, 0.1) is 25.6 Å². The van der Waals surface area contributed by atoms with Gasteiger partial charge >= 0.3 is 5.69 Å². The molecule has 0 saturated heterocycles. The van der Waals surface area contributed by atoms with E-state index in [0.29, 0.717) is 0 Å². The van der Waals surface area contributed by atoms with Crippen LogP contribution in [0.4, 0.5) is 23.0 Å². The number of nitrogens with zero attached hydrogens (tertiary/aromatic N) is 3. The van der Waals surface area contributed by atoms with Gasteiger partial charge in [0, 0.05) is 0 Å². The van der Waals surface area contributed by atoms with Crippen LogP contribution in [0.5, 0.6) is 0 Å². The van der Waals surface area contributed by atoms with Gasteiger partial charge in [-0.1, -0.05) is 47.0 Å². The highest BCUT2D eigenvalue weighted by atomic mass is 35.5. The van der Waals surface area contributed by atoms with E-state index in [0.717, 1.165) is 11.9 Å². The Labute approximate surface area is 181 Å². The molecule has 0 aliphatic rings. The second-order valence-corrected chi connectivity index (χ2v) is 8.41. The van der Waals surface area contributed by atoms with E-state index in [1.807, 2.05) is 6.92 Å². The van der Waals surface area contributed by atoms with Gasteiger partial charge in [-0.25, -0.2) is 18.4 Å². The molecule has 0 aliphatic carbocycles. The van der Waals surface area contributed by atoms with Crippen molar-refractivity contribution in [1.29, 1.82) is 0 Å². The number of rotatable bonds is 7. The van der Waals surface area contributed by atoms with Crippen molar-refractivity contribution in [3.63, 3.8) is 0 Å². The summed E-state index contributed by atoms with van der Waals surface area (Å²) in [5, 5.41) is 14.7. The highest BCUT2D eigenvalue weighted by Crippen LogP contribution is 2.35. The fourth-order valence-corrected chi connectivity index (χ4v) is 3.55. The van der Waals surface area contributed by atoms with Gasteiger partial charge in [-0.3, -0.25) is 15.5 Å². The zero-order valence-electron chi connectivity index (χ0n) is 15.3. The number of halogens is 2. The van der Waals surface area contributed by atoms with Crippen LogP contribution in [0.2, 0.25) is 10.0 Å². The normalized spacial score (nSPS) is 11.2. The SMILES string of the molecule is Cc1ccc(S(=O)(=O)NNc2ncnc(Nc3cccc(Cl)c3Cl)c2[N+](=O)[O-])cc1. The molecule has 0 radical (unpaired) electrons. The van der Waals surface area contributed by atoms with Gasteiger partial charge in [-0.15, -0.1) is 4.83 Å². The molecule has 0 saturated carbocycles. The number of nitrogens with one attached hydrogen (secondary N) is 3. The molecular weight excluding hydrogens is 455 g/mol. The van der Waals surface area contributed by atoms with Crippen LogP contribution in [0.15, 0.2) is 53.7 Å². The summed E-state index contributed by atoms with van der Waals surface area (Å²) < 4.78 is 24.8. The molecule has 0 bridgehead atoms. The van der Waals surface area contributed by atoms with Gasteiger partial charge in [0.2, 0.25) is 11.6 Å². The number of benzene rings is 2. The van der Waals surface area contributed by atoms with Crippen LogP contribution < -0.4 is 15.6 Å². The molecule has 30 heavy (non-hydrogen) atoms. The minimum Gasteiger partial charge on any atom is -0.333 e. The van der Waals surface area contributed by atoms with E-state index in [-0.39, 0.29) is 32.3 Å². The third kappa shape index (κ3) is 4.76. The number of hydrogen-bond donors (Lipinski definition) is 3. The number of aryl methyl sites for hydroxylation is 1. The first-order valence-corrected chi connectivity index (χ1v) is 10.5. The Hall–Kier alpha value is -2.99. The summed E-state index contributed by atoms with van der Waals surface area (Å²) in [6.45, 7) is 1.81. The first kappa shape index (κ1) is 21.7. The van der Waals surface area contributed by atoms with Crippen LogP contribution in [0.1, 0.15) is 5.56 Å². The number of nitro groups is 1. The minimum atomic E-state index is -4.00. The van der Waals surface area contributed by atoms with E-state index in [1.54, 1.807) is 30.3 Å². The predicted octanol–water partition coefficient (Wildman–Crippen LogP) is 4.05. The second-order valence-electron chi connectivity index (χ2n) is 5.95. The molecule has 0 unspecified atom stereocenters. The smallest absolute Gasteiger partial charge is 0.333 e. The van der Waals surface area contributed by atoms with Crippen LogP contribution in [0, 0.1) is 17.0 Å². The molecule has 13 heteroatoms. The van der Waals surface area contributed by atoms with Gasteiger partial charge in [-0.2, -0.15) is 0 Å². The molecule has 3 aromatic rings. The molecule has 0 aliphatic heterocycles. The summed E-state index contributed by atoms with van der Waals surface area (Å²) >= 11 is 12.1. The average molecular weight is 469 g/mol. The Morgan fingerprint density at radius 3 is 2.37 bits per heavy atom. The number of sulfonamides is 1. The summed E-state index contributed by atoms with van der Waals surface area (Å²) in [5.41, 5.74) is 2.83. The van der Waals surface area contributed by atoms with Crippen molar-refractivity contribution in [3.05, 3.63) is 74.5 Å². The number of anilines is 3. The Balaban J connectivity index is 1.90. The van der Waals surface area contributed by atoms with Gasteiger partial charge < -0.3 is 5.32 Å². The summed E-state index contributed by atoms with van der Waals surface area (Å²) in [5.74, 6) is -0.581. The van der Waals surface area contributed by atoms with Crippen LogP contribution in [-0.4, -0.2) is 23.3 Å². The van der Waals surface area contributed by atoms with Crippen LogP contribution in [0.25, 0.3) is 0 Å². The zero-order chi connectivity index (χ0) is 21.9. The molecule has 1 aromatic heterocycles. The lowest BCUT2D eigenvalue weighted by Crippen LogP contribution is -2.30. The predicted molar refractivity (Wildman–Crippen MR) is 114 cm³/mol. The maximum Gasteiger partial charge on any atom is 0.354 e. The number of hydrazine groups is 1. The average Bonchev–Trinajstić information content (AvgIpc) is 2.70. The Morgan fingerprint density at radius 2 is 1.70 bits per heavy atom. The van der Waals surface area contributed by atoms with E-state index < -0.39 is 20.6 Å². The van der Waals surface area contributed by atoms with E-state index >= 15 is 0 Å². The summed E-state index contributed by atoms with van der Waals surface area (Å²) in [6, 6.07) is 10.8. The Morgan fingerprint density at radius 1 is 1.03 bits per heavy atom. The highest BCUT2D eigenvalue weighted by Gasteiger charge is 2.25. The third-order valence-corrected chi connectivity index (χ3v) is 5.93. The third-order valence-electron chi connectivity index (χ3n) is 3.84. The standard InChI is InChI=1S/C17H14Cl2N6O4S/c1-10-5-7-11(8-6-10)30(28,29)24-23-17-15(25(26)27)16(20-9-21-17)22-13-4-2-3-12(18)14(13)19/h2-9,24H,1H3,(H2,20,21,22,23). The molecule has 0 amide bonds. The quantitative estimate of drug-likeness (QED) is 0.348. The van der Waals surface area contributed by atoms with E-state index in [2.05, 4.69) is 25.5 Å². The van der Waals surface area contributed by atoms with Crippen LogP contribution >= 0.6 is 23.2 Å². The second kappa shape index (κ2) is 8.79. The molecule has 2 aromatic carbocycles. The maximum absolute atomic E-state index is 12.4. The van der Waals surface area contributed by atoms with Crippen molar-refractivity contribution in [2.75, 3.05) is 10.7 Å². The van der Waals surface area contributed by atoms with Crippen molar-refractivity contribution in [2.45, 2.75) is 11.8 Å². The van der Waals surface area contributed by atoms with Crippen molar-refractivity contribution >= 4 is 56.2 Å². The molecule has 3 N–H and O–H groups in total. The fourth-order valence-electron chi connectivity index (χ4n) is 2.35. The van der Waals surface area contributed by atoms with Gasteiger partial charge in [0.25, 0.3) is 10.0 Å². The first-order valence-electron chi connectivity index (χ1n) is 8.24. The first-order chi connectivity index (χ1) is 14.2. The molecule has 3 rings (SSSR count). The Kier molecular flexibility index (Phi) is 6.37. The molecule has 0 spiro atoms. The maximum atomic E-state index is 12.4. The summed E-state index contributed by atoms with van der Waals surface area (Å²) in [6.07, 6.45) is 1.02. The number of aromatic nitrogens is 2. The summed E-state index contributed by atoms with van der Waals surface area (Å²) in [7, 11) is -4.00. The van der Waals surface area contributed by atoms with E-state index in [4.69, 9.17) is 23.2 Å². The van der Waals surface area contributed by atoms with Crippen LogP contribution in [0.3, 0.4) is 0 Å². The molecule has 156 valence electrons.